The minimum absolute atomic E-state index is 0.0677. The summed E-state index contributed by atoms with van der Waals surface area (Å²) in [6.45, 7) is 0.895. The van der Waals surface area contributed by atoms with Gasteiger partial charge in [0.25, 0.3) is 0 Å². The second-order valence-electron chi connectivity index (χ2n) is 12.4. The molecule has 5 aliphatic rings. The first-order valence-electron chi connectivity index (χ1n) is 14.7. The molecule has 1 amide bonds. The Balaban J connectivity index is 1.22. The summed E-state index contributed by atoms with van der Waals surface area (Å²) in [7, 11) is 0. The van der Waals surface area contributed by atoms with Crippen molar-refractivity contribution in [3.8, 4) is 0 Å². The van der Waals surface area contributed by atoms with Gasteiger partial charge in [-0.15, -0.1) is 0 Å². The van der Waals surface area contributed by atoms with E-state index >= 15 is 0 Å². The highest BCUT2D eigenvalue weighted by atomic mass is 16.4. The van der Waals surface area contributed by atoms with Gasteiger partial charge in [0, 0.05) is 29.9 Å². The Bertz CT molecular complexity index is 913. The number of carbonyl (C=O) groups is 2. The van der Waals surface area contributed by atoms with E-state index in [0.717, 1.165) is 42.8 Å². The van der Waals surface area contributed by atoms with Crippen molar-refractivity contribution in [1.29, 1.82) is 0 Å². The lowest BCUT2D eigenvalue weighted by molar-refractivity contribution is -0.142. The van der Waals surface area contributed by atoms with Gasteiger partial charge < -0.3 is 10.0 Å². The van der Waals surface area contributed by atoms with Crippen LogP contribution in [0.5, 0.6) is 0 Å². The molecule has 1 N–H and O–H groups in total. The van der Waals surface area contributed by atoms with Gasteiger partial charge in [-0.05, 0) is 88.3 Å². The molecule has 4 bridgehead atoms. The summed E-state index contributed by atoms with van der Waals surface area (Å²) in [6.07, 6.45) is 15.9. The molecule has 3 saturated heterocycles. The van der Waals surface area contributed by atoms with Gasteiger partial charge in [0.1, 0.15) is 6.04 Å². The molecule has 5 fully saturated rings. The molecule has 3 heterocycles. The fourth-order valence-electron chi connectivity index (χ4n) is 8.83. The molecule has 196 valence electrons. The van der Waals surface area contributed by atoms with Crippen LogP contribution in [0.1, 0.15) is 83.5 Å². The number of para-hydroxylation sites is 1. The van der Waals surface area contributed by atoms with Crippen molar-refractivity contribution < 1.29 is 14.7 Å². The van der Waals surface area contributed by atoms with Crippen LogP contribution in [0.3, 0.4) is 0 Å². The molecule has 0 radical (unpaired) electrons. The molecule has 3 aliphatic heterocycles. The quantitative estimate of drug-likeness (QED) is 0.609. The highest BCUT2D eigenvalue weighted by molar-refractivity contribution is 5.95. The maximum absolute atomic E-state index is 13.9. The molecule has 0 spiro atoms. The van der Waals surface area contributed by atoms with Crippen molar-refractivity contribution in [1.82, 2.24) is 9.80 Å². The lowest BCUT2D eigenvalue weighted by Gasteiger charge is -2.56. The summed E-state index contributed by atoms with van der Waals surface area (Å²) < 4.78 is 0. The van der Waals surface area contributed by atoms with Crippen LogP contribution >= 0.6 is 0 Å². The standard InChI is InChI=1S/C30H43N3O3/c34-29(20-31-14-6-13-28(31)30(35)36)33(23-9-2-1-3-10-23)27-18-24-11-5-12-25(19-27)32(24)26-16-21-7-4-8-22(15-21)17-26/h1-3,9-10,21-22,24-28H,4-8,11-20H2,(H,35,36). The van der Waals surface area contributed by atoms with E-state index in [1.165, 1.54) is 57.8 Å². The summed E-state index contributed by atoms with van der Waals surface area (Å²) in [5.41, 5.74) is 0.970. The topological polar surface area (TPSA) is 64.1 Å². The number of likely N-dealkylation sites (tertiary alicyclic amines) is 1. The third-order valence-electron chi connectivity index (χ3n) is 10.2. The number of fused-ring (bicyclic) bond motifs is 4. The van der Waals surface area contributed by atoms with Crippen LogP contribution in [-0.4, -0.2) is 70.1 Å². The number of hydrogen-bond donors (Lipinski definition) is 1. The molecule has 0 aromatic heterocycles. The monoisotopic (exact) mass is 493 g/mol. The van der Waals surface area contributed by atoms with Crippen molar-refractivity contribution in [2.45, 2.75) is 114 Å². The summed E-state index contributed by atoms with van der Waals surface area (Å²) in [5.74, 6) is 1.14. The number of nitrogens with zero attached hydrogens (tertiary/aromatic N) is 3. The number of amides is 1. The minimum atomic E-state index is -0.799. The fourth-order valence-corrected chi connectivity index (χ4v) is 8.83. The average Bonchev–Trinajstić information content (AvgIpc) is 3.32. The summed E-state index contributed by atoms with van der Waals surface area (Å²) in [5, 5.41) is 9.65. The van der Waals surface area contributed by atoms with Gasteiger partial charge in [0.2, 0.25) is 5.91 Å². The van der Waals surface area contributed by atoms with Gasteiger partial charge in [-0.25, -0.2) is 0 Å². The Morgan fingerprint density at radius 1 is 0.806 bits per heavy atom. The van der Waals surface area contributed by atoms with E-state index in [-0.39, 0.29) is 18.5 Å². The molecule has 5 unspecified atom stereocenters. The number of piperidine rings is 2. The van der Waals surface area contributed by atoms with E-state index in [0.29, 0.717) is 25.0 Å². The van der Waals surface area contributed by atoms with E-state index in [1.807, 2.05) is 23.1 Å². The molecule has 6 nitrogen and oxygen atoms in total. The molecular formula is C30H43N3O3. The zero-order valence-corrected chi connectivity index (χ0v) is 21.6. The van der Waals surface area contributed by atoms with Crippen molar-refractivity contribution >= 4 is 17.6 Å². The molecule has 36 heavy (non-hydrogen) atoms. The van der Waals surface area contributed by atoms with Gasteiger partial charge in [0.05, 0.1) is 6.54 Å². The number of benzene rings is 1. The van der Waals surface area contributed by atoms with E-state index < -0.39 is 12.0 Å². The lowest BCUT2D eigenvalue weighted by atomic mass is 9.68. The number of aliphatic carboxylic acids is 1. The maximum Gasteiger partial charge on any atom is 0.320 e. The lowest BCUT2D eigenvalue weighted by Crippen LogP contribution is -2.62. The molecule has 2 aliphatic carbocycles. The summed E-state index contributed by atoms with van der Waals surface area (Å²) in [4.78, 5) is 32.5. The molecular weight excluding hydrogens is 450 g/mol. The third-order valence-corrected chi connectivity index (χ3v) is 10.2. The molecule has 6 heteroatoms. The minimum Gasteiger partial charge on any atom is -0.480 e. The van der Waals surface area contributed by atoms with Crippen LogP contribution in [0.25, 0.3) is 0 Å². The molecule has 1 aromatic carbocycles. The van der Waals surface area contributed by atoms with E-state index in [4.69, 9.17) is 0 Å². The van der Waals surface area contributed by atoms with Gasteiger partial charge in [0.15, 0.2) is 0 Å². The molecule has 6 rings (SSSR count). The Labute approximate surface area is 216 Å². The van der Waals surface area contributed by atoms with Crippen LogP contribution in [0, 0.1) is 11.8 Å². The first-order chi connectivity index (χ1) is 17.6. The Morgan fingerprint density at radius 3 is 2.14 bits per heavy atom. The zero-order valence-electron chi connectivity index (χ0n) is 21.6. The number of carboxylic acids is 1. The number of rotatable bonds is 6. The van der Waals surface area contributed by atoms with Crippen molar-refractivity contribution in [3.63, 3.8) is 0 Å². The largest absolute Gasteiger partial charge is 0.480 e. The normalized spacial score (nSPS) is 36.9. The SMILES string of the molecule is O=C(O)C1CCCN1CC(=O)N(c1ccccc1)C1CC2CCCC(C1)N2C1CC2CCCC(C2)C1. The Morgan fingerprint density at radius 2 is 1.47 bits per heavy atom. The predicted molar refractivity (Wildman–Crippen MR) is 141 cm³/mol. The van der Waals surface area contributed by atoms with Crippen LogP contribution in [-0.2, 0) is 9.59 Å². The van der Waals surface area contributed by atoms with Crippen molar-refractivity contribution in [2.75, 3.05) is 18.0 Å². The highest BCUT2D eigenvalue weighted by Crippen LogP contribution is 2.46. The van der Waals surface area contributed by atoms with Crippen LogP contribution in [0.4, 0.5) is 5.69 Å². The van der Waals surface area contributed by atoms with E-state index in [9.17, 15) is 14.7 Å². The fraction of sp³-hybridized carbons (Fsp3) is 0.733. The van der Waals surface area contributed by atoms with Crippen LogP contribution in [0.15, 0.2) is 30.3 Å². The summed E-state index contributed by atoms with van der Waals surface area (Å²) in [6, 6.07) is 11.7. The van der Waals surface area contributed by atoms with Gasteiger partial charge in [-0.2, -0.15) is 0 Å². The second kappa shape index (κ2) is 10.4. The van der Waals surface area contributed by atoms with Crippen LogP contribution < -0.4 is 4.90 Å². The van der Waals surface area contributed by atoms with Gasteiger partial charge in [-0.1, -0.05) is 43.9 Å². The molecule has 1 aromatic rings. The van der Waals surface area contributed by atoms with Crippen molar-refractivity contribution in [2.24, 2.45) is 11.8 Å². The zero-order chi connectivity index (χ0) is 24.6. The Hall–Kier alpha value is -1.92. The van der Waals surface area contributed by atoms with Gasteiger partial charge >= 0.3 is 5.97 Å². The second-order valence-corrected chi connectivity index (χ2v) is 12.4. The number of carbonyl (C=O) groups excluding carboxylic acids is 1. The third kappa shape index (κ3) is 4.83. The highest BCUT2D eigenvalue weighted by Gasteiger charge is 2.47. The van der Waals surface area contributed by atoms with Gasteiger partial charge in [-0.3, -0.25) is 19.4 Å². The number of anilines is 1. The van der Waals surface area contributed by atoms with E-state index in [2.05, 4.69) is 21.9 Å². The molecule has 2 saturated carbocycles. The first kappa shape index (κ1) is 24.4. The molecule has 5 atom stereocenters. The Kier molecular flexibility index (Phi) is 7.09. The predicted octanol–water partition coefficient (Wildman–Crippen LogP) is 4.92. The van der Waals surface area contributed by atoms with Crippen molar-refractivity contribution in [3.05, 3.63) is 30.3 Å². The number of hydrogen-bond acceptors (Lipinski definition) is 4. The van der Waals surface area contributed by atoms with E-state index in [1.54, 1.807) is 0 Å². The number of carboxylic acid groups (broad SMARTS) is 1. The summed E-state index contributed by atoms with van der Waals surface area (Å²) >= 11 is 0. The van der Waals surface area contributed by atoms with Crippen LogP contribution in [0.2, 0.25) is 0 Å². The first-order valence-corrected chi connectivity index (χ1v) is 14.7. The maximum atomic E-state index is 13.9. The average molecular weight is 494 g/mol. The smallest absolute Gasteiger partial charge is 0.320 e.